The molecule has 3 rings (SSSR count). The van der Waals surface area contributed by atoms with E-state index >= 15 is 0 Å². The van der Waals surface area contributed by atoms with Crippen LogP contribution in [0.1, 0.15) is 46.9 Å². The first-order valence-corrected chi connectivity index (χ1v) is 8.13. The van der Waals surface area contributed by atoms with Crippen molar-refractivity contribution in [2.24, 2.45) is 0 Å². The summed E-state index contributed by atoms with van der Waals surface area (Å²) in [5, 5.41) is 0. The fourth-order valence-corrected chi connectivity index (χ4v) is 3.42. The van der Waals surface area contributed by atoms with Gasteiger partial charge >= 0.3 is 0 Å². The number of pyridine rings is 1. The minimum absolute atomic E-state index is 0.118. The van der Waals surface area contributed by atoms with Crippen LogP contribution in [0, 0.1) is 11.6 Å². The maximum Gasteiger partial charge on any atom is 0.254 e. The number of aromatic nitrogens is 1. The number of likely N-dealkylation sites (tertiary alicyclic amines) is 1. The Morgan fingerprint density at radius 3 is 2.68 bits per heavy atom. The lowest BCUT2D eigenvalue weighted by molar-refractivity contribution is 0.0610. The van der Waals surface area contributed by atoms with Crippen LogP contribution in [0.5, 0.6) is 0 Å². The number of nitrogens with zero attached hydrogens (tertiary/aromatic N) is 1. The number of rotatable bonds is 2. The van der Waals surface area contributed by atoms with Crippen LogP contribution < -0.4 is 0 Å². The van der Waals surface area contributed by atoms with Gasteiger partial charge in [-0.25, -0.2) is 0 Å². The monoisotopic (exact) mass is 312 g/mol. The molecule has 1 aliphatic heterocycles. The van der Waals surface area contributed by atoms with Gasteiger partial charge in [0.1, 0.15) is 4.64 Å². The van der Waals surface area contributed by atoms with Crippen molar-refractivity contribution in [3.8, 4) is 0 Å². The molecule has 1 N–H and O–H groups in total. The van der Waals surface area contributed by atoms with Crippen LogP contribution in [0.25, 0.3) is 0 Å². The van der Waals surface area contributed by atoms with Crippen molar-refractivity contribution in [3.63, 3.8) is 0 Å². The standard InChI is InChI=1S/C18H20N2OS/c1-13-15(10-11-17(22)19-13)16-9-5-6-12-20(16)18(21)14-7-3-2-4-8-14/h2-4,7-8,10-11,16H,5-6,9,12H2,1H3,(H,19,22)/t16-/m0/s1. The zero-order valence-corrected chi connectivity index (χ0v) is 13.5. The second-order valence-electron chi connectivity index (χ2n) is 5.78. The number of nitrogens with one attached hydrogen (secondary N) is 1. The van der Waals surface area contributed by atoms with E-state index in [4.69, 9.17) is 12.2 Å². The van der Waals surface area contributed by atoms with E-state index in [1.807, 2.05) is 48.2 Å². The van der Waals surface area contributed by atoms with E-state index in [2.05, 4.69) is 11.1 Å². The predicted octanol–water partition coefficient (Wildman–Crippen LogP) is 4.42. The van der Waals surface area contributed by atoms with Crippen molar-refractivity contribution in [1.82, 2.24) is 9.88 Å². The summed E-state index contributed by atoms with van der Waals surface area (Å²) >= 11 is 5.18. The van der Waals surface area contributed by atoms with E-state index in [0.29, 0.717) is 0 Å². The fraction of sp³-hybridized carbons (Fsp3) is 0.333. The van der Waals surface area contributed by atoms with E-state index in [1.165, 1.54) is 5.56 Å². The van der Waals surface area contributed by atoms with Gasteiger partial charge in [-0.1, -0.05) is 36.5 Å². The summed E-state index contributed by atoms with van der Waals surface area (Å²) in [4.78, 5) is 18.1. The third-order valence-electron chi connectivity index (χ3n) is 4.30. The van der Waals surface area contributed by atoms with Gasteiger partial charge in [-0.2, -0.15) is 0 Å². The second kappa shape index (κ2) is 6.44. The van der Waals surface area contributed by atoms with Gasteiger partial charge in [0.15, 0.2) is 0 Å². The number of aromatic amines is 1. The number of aryl methyl sites for hydroxylation is 1. The van der Waals surface area contributed by atoms with Crippen LogP contribution in [0.3, 0.4) is 0 Å². The molecule has 3 nitrogen and oxygen atoms in total. The maximum atomic E-state index is 12.9. The topological polar surface area (TPSA) is 36.1 Å². The maximum absolute atomic E-state index is 12.9. The minimum atomic E-state index is 0.118. The summed E-state index contributed by atoms with van der Waals surface area (Å²) in [6.45, 7) is 2.85. The van der Waals surface area contributed by atoms with Gasteiger partial charge in [0.05, 0.1) is 6.04 Å². The summed E-state index contributed by atoms with van der Waals surface area (Å²) in [6, 6.07) is 13.7. The molecule has 2 heterocycles. The van der Waals surface area contributed by atoms with Crippen LogP contribution in [-0.2, 0) is 0 Å². The third-order valence-corrected chi connectivity index (χ3v) is 4.54. The van der Waals surface area contributed by atoms with Crippen molar-refractivity contribution < 1.29 is 4.79 Å². The Balaban J connectivity index is 1.94. The number of carbonyl (C=O) groups is 1. The van der Waals surface area contributed by atoms with E-state index in [0.717, 1.165) is 41.7 Å². The first-order chi connectivity index (χ1) is 10.7. The highest BCUT2D eigenvalue weighted by atomic mass is 32.1. The lowest BCUT2D eigenvalue weighted by Gasteiger charge is -2.36. The molecule has 4 heteroatoms. The molecule has 1 fully saturated rings. The van der Waals surface area contributed by atoms with E-state index in [1.54, 1.807) is 0 Å². The molecule has 1 aliphatic rings. The Labute approximate surface area is 136 Å². The normalized spacial score (nSPS) is 18.2. The molecule has 114 valence electrons. The van der Waals surface area contributed by atoms with Gasteiger partial charge in [0.2, 0.25) is 0 Å². The number of H-pyrrole nitrogens is 1. The fourth-order valence-electron chi connectivity index (χ4n) is 3.19. The Hall–Kier alpha value is -1.94. The highest BCUT2D eigenvalue weighted by Crippen LogP contribution is 2.33. The number of amides is 1. The summed E-state index contributed by atoms with van der Waals surface area (Å²) in [5.41, 5.74) is 3.00. The van der Waals surface area contributed by atoms with Crippen LogP contribution >= 0.6 is 12.2 Å². The molecule has 1 aromatic heterocycles. The number of benzene rings is 1. The number of carbonyl (C=O) groups excluding carboxylic acids is 1. The van der Waals surface area contributed by atoms with E-state index < -0.39 is 0 Å². The first-order valence-electron chi connectivity index (χ1n) is 7.72. The van der Waals surface area contributed by atoms with E-state index in [9.17, 15) is 4.79 Å². The average Bonchev–Trinajstić information content (AvgIpc) is 2.55. The molecule has 0 spiro atoms. The van der Waals surface area contributed by atoms with Crippen LogP contribution in [0.4, 0.5) is 0 Å². The molecule has 0 saturated carbocycles. The molecule has 2 aromatic rings. The first kappa shape index (κ1) is 15.0. The second-order valence-corrected chi connectivity index (χ2v) is 6.22. The van der Waals surface area contributed by atoms with Gasteiger partial charge in [0.25, 0.3) is 5.91 Å². The zero-order valence-electron chi connectivity index (χ0n) is 12.7. The zero-order chi connectivity index (χ0) is 15.5. The van der Waals surface area contributed by atoms with Gasteiger partial charge in [0, 0.05) is 17.8 Å². The van der Waals surface area contributed by atoms with Crippen molar-refractivity contribution in [3.05, 3.63) is 63.9 Å². The molecule has 0 radical (unpaired) electrons. The largest absolute Gasteiger partial charge is 0.350 e. The smallest absolute Gasteiger partial charge is 0.254 e. The van der Waals surface area contributed by atoms with Crippen LogP contribution in [0.2, 0.25) is 0 Å². The molecule has 1 aromatic carbocycles. The number of piperidine rings is 1. The van der Waals surface area contributed by atoms with Gasteiger partial charge in [-0.3, -0.25) is 4.79 Å². The number of hydrogen-bond donors (Lipinski definition) is 1. The molecule has 0 aliphatic carbocycles. The molecule has 0 unspecified atom stereocenters. The molecule has 1 atom stereocenters. The Morgan fingerprint density at radius 2 is 1.95 bits per heavy atom. The molecular formula is C18H20N2OS. The van der Waals surface area contributed by atoms with Crippen molar-refractivity contribution in [2.45, 2.75) is 32.2 Å². The van der Waals surface area contributed by atoms with Crippen LogP contribution in [0.15, 0.2) is 42.5 Å². The lowest BCUT2D eigenvalue weighted by Crippen LogP contribution is -2.38. The number of hydrogen-bond acceptors (Lipinski definition) is 2. The highest BCUT2D eigenvalue weighted by Gasteiger charge is 2.29. The molecule has 1 amide bonds. The summed E-state index contributed by atoms with van der Waals surface area (Å²) in [6.07, 6.45) is 3.22. The van der Waals surface area contributed by atoms with Gasteiger partial charge < -0.3 is 9.88 Å². The molecular weight excluding hydrogens is 292 g/mol. The predicted molar refractivity (Wildman–Crippen MR) is 90.4 cm³/mol. The average molecular weight is 312 g/mol. The Kier molecular flexibility index (Phi) is 4.39. The highest BCUT2D eigenvalue weighted by molar-refractivity contribution is 7.71. The SMILES string of the molecule is Cc1[nH]c(=S)ccc1[C@@H]1CCCCN1C(=O)c1ccccc1. The summed E-state index contributed by atoms with van der Waals surface area (Å²) < 4.78 is 0.734. The lowest BCUT2D eigenvalue weighted by atomic mass is 9.93. The quantitative estimate of drug-likeness (QED) is 0.833. The minimum Gasteiger partial charge on any atom is -0.350 e. The van der Waals surface area contributed by atoms with Crippen molar-refractivity contribution in [2.75, 3.05) is 6.54 Å². The van der Waals surface area contributed by atoms with Crippen LogP contribution in [-0.4, -0.2) is 22.3 Å². The van der Waals surface area contributed by atoms with E-state index in [-0.39, 0.29) is 11.9 Å². The third kappa shape index (κ3) is 2.97. The molecule has 22 heavy (non-hydrogen) atoms. The van der Waals surface area contributed by atoms with Crippen molar-refractivity contribution in [1.29, 1.82) is 0 Å². The molecule has 0 bridgehead atoms. The van der Waals surface area contributed by atoms with Gasteiger partial charge in [-0.05, 0) is 49.9 Å². The summed E-state index contributed by atoms with van der Waals surface area (Å²) in [5.74, 6) is 0.118. The Bertz CT molecular complexity index is 723. The van der Waals surface area contributed by atoms with Crippen molar-refractivity contribution >= 4 is 18.1 Å². The summed E-state index contributed by atoms with van der Waals surface area (Å²) in [7, 11) is 0. The molecule has 1 saturated heterocycles. The van der Waals surface area contributed by atoms with Gasteiger partial charge in [-0.15, -0.1) is 0 Å². The Morgan fingerprint density at radius 1 is 1.18 bits per heavy atom.